The molecule has 4 aromatic rings. The predicted molar refractivity (Wildman–Crippen MR) is 120 cm³/mol. The van der Waals surface area contributed by atoms with Crippen LogP contribution >= 0.6 is 0 Å². The Morgan fingerprint density at radius 1 is 0.903 bits per heavy atom. The number of para-hydroxylation sites is 1. The Balaban J connectivity index is 1.85. The minimum absolute atomic E-state index is 0.0447. The summed E-state index contributed by atoms with van der Waals surface area (Å²) >= 11 is 0. The second kappa shape index (κ2) is 8.17. The van der Waals surface area contributed by atoms with Crippen molar-refractivity contribution in [2.24, 2.45) is 5.14 Å². The molecule has 31 heavy (non-hydrogen) atoms. The standard InChI is InChI=1S/C23H20N4O3S/c1-16(28)26-19-11-7-17(8-12-19)22-15-25-27(20-5-3-2-4-6-20)23(22)18-9-13-21(14-10-18)31(24,29)30/h2-15H,1H3,(H,26,28)(H2,24,29,30). The van der Waals surface area contributed by atoms with Gasteiger partial charge in [0, 0.05) is 23.7 Å². The van der Waals surface area contributed by atoms with Crippen LogP contribution in [0.25, 0.3) is 28.1 Å². The Morgan fingerprint density at radius 3 is 2.10 bits per heavy atom. The lowest BCUT2D eigenvalue weighted by atomic mass is 10.0. The number of nitrogens with two attached hydrogens (primary N) is 1. The van der Waals surface area contributed by atoms with E-state index in [1.165, 1.54) is 19.1 Å². The van der Waals surface area contributed by atoms with E-state index in [2.05, 4.69) is 10.4 Å². The molecule has 0 aliphatic rings. The molecule has 4 rings (SSSR count). The zero-order chi connectivity index (χ0) is 22.0. The number of nitrogens with zero attached hydrogens (tertiary/aromatic N) is 2. The lowest BCUT2D eigenvalue weighted by Gasteiger charge is -2.11. The summed E-state index contributed by atoms with van der Waals surface area (Å²) in [4.78, 5) is 11.3. The Hall–Kier alpha value is -3.75. The van der Waals surface area contributed by atoms with Gasteiger partial charge in [-0.3, -0.25) is 4.79 Å². The highest BCUT2D eigenvalue weighted by Crippen LogP contribution is 2.34. The highest BCUT2D eigenvalue weighted by molar-refractivity contribution is 7.89. The van der Waals surface area contributed by atoms with Gasteiger partial charge >= 0.3 is 0 Å². The number of carbonyl (C=O) groups is 1. The van der Waals surface area contributed by atoms with Crippen molar-refractivity contribution in [1.29, 1.82) is 0 Å². The maximum atomic E-state index is 11.6. The molecule has 0 saturated heterocycles. The van der Waals surface area contributed by atoms with Gasteiger partial charge in [0.1, 0.15) is 0 Å². The summed E-state index contributed by atoms with van der Waals surface area (Å²) in [6, 6.07) is 23.5. The minimum atomic E-state index is -3.78. The van der Waals surface area contributed by atoms with Gasteiger partial charge in [-0.05, 0) is 42.0 Å². The Labute approximate surface area is 180 Å². The third-order valence-electron chi connectivity index (χ3n) is 4.74. The van der Waals surface area contributed by atoms with Crippen LogP contribution < -0.4 is 10.5 Å². The molecule has 0 atom stereocenters. The van der Waals surface area contributed by atoms with Crippen LogP contribution in [0, 0.1) is 0 Å². The molecule has 3 aromatic carbocycles. The van der Waals surface area contributed by atoms with Gasteiger partial charge in [0.25, 0.3) is 0 Å². The van der Waals surface area contributed by atoms with Gasteiger partial charge in [-0.25, -0.2) is 18.2 Å². The molecule has 0 saturated carbocycles. The van der Waals surface area contributed by atoms with Crippen LogP contribution in [0.1, 0.15) is 6.92 Å². The molecule has 7 nitrogen and oxygen atoms in total. The first-order valence-electron chi connectivity index (χ1n) is 9.47. The zero-order valence-electron chi connectivity index (χ0n) is 16.7. The van der Waals surface area contributed by atoms with Crippen LogP contribution in [0.4, 0.5) is 5.69 Å². The van der Waals surface area contributed by atoms with Crippen LogP contribution in [0.15, 0.2) is 90.0 Å². The van der Waals surface area contributed by atoms with Crippen LogP contribution in [0.3, 0.4) is 0 Å². The number of anilines is 1. The van der Waals surface area contributed by atoms with Crippen molar-refractivity contribution in [1.82, 2.24) is 9.78 Å². The molecule has 0 fully saturated rings. The average Bonchev–Trinajstić information content (AvgIpc) is 3.19. The second-order valence-electron chi connectivity index (χ2n) is 6.98. The number of sulfonamides is 1. The average molecular weight is 433 g/mol. The normalized spacial score (nSPS) is 11.3. The fraction of sp³-hybridized carbons (Fsp3) is 0.0435. The summed E-state index contributed by atoms with van der Waals surface area (Å²) < 4.78 is 25.1. The summed E-state index contributed by atoms with van der Waals surface area (Å²) in [5.41, 5.74) is 4.93. The van der Waals surface area contributed by atoms with Crippen molar-refractivity contribution in [3.63, 3.8) is 0 Å². The van der Waals surface area contributed by atoms with Gasteiger partial charge in [-0.15, -0.1) is 0 Å². The van der Waals surface area contributed by atoms with Crippen molar-refractivity contribution >= 4 is 21.6 Å². The summed E-state index contributed by atoms with van der Waals surface area (Å²) in [7, 11) is -3.78. The van der Waals surface area contributed by atoms with E-state index in [1.54, 1.807) is 18.3 Å². The number of amides is 1. The van der Waals surface area contributed by atoms with Crippen LogP contribution in [0.5, 0.6) is 0 Å². The van der Waals surface area contributed by atoms with Crippen LogP contribution in [-0.4, -0.2) is 24.1 Å². The molecule has 156 valence electrons. The van der Waals surface area contributed by atoms with E-state index in [0.29, 0.717) is 5.69 Å². The van der Waals surface area contributed by atoms with Crippen LogP contribution in [-0.2, 0) is 14.8 Å². The largest absolute Gasteiger partial charge is 0.326 e. The Bertz CT molecular complexity index is 1330. The number of hydrogen-bond acceptors (Lipinski definition) is 4. The van der Waals surface area contributed by atoms with Crippen molar-refractivity contribution in [3.05, 3.63) is 85.1 Å². The SMILES string of the molecule is CC(=O)Nc1ccc(-c2cnn(-c3ccccc3)c2-c2ccc(S(N)(=O)=O)cc2)cc1. The molecule has 0 aliphatic heterocycles. The number of aromatic nitrogens is 2. The highest BCUT2D eigenvalue weighted by atomic mass is 32.2. The third-order valence-corrected chi connectivity index (χ3v) is 5.67. The monoisotopic (exact) mass is 432 g/mol. The summed E-state index contributed by atoms with van der Waals surface area (Å²) in [5, 5.41) is 12.6. The molecule has 0 radical (unpaired) electrons. The van der Waals surface area contributed by atoms with Gasteiger partial charge in [-0.1, -0.05) is 42.5 Å². The number of primary sulfonamides is 1. The quantitative estimate of drug-likeness (QED) is 0.500. The first-order chi connectivity index (χ1) is 14.8. The van der Waals surface area contributed by atoms with E-state index in [1.807, 2.05) is 59.3 Å². The summed E-state index contributed by atoms with van der Waals surface area (Å²) in [6.45, 7) is 1.46. The number of benzene rings is 3. The van der Waals surface area contributed by atoms with Gasteiger partial charge in [0.2, 0.25) is 15.9 Å². The minimum Gasteiger partial charge on any atom is -0.326 e. The van der Waals surface area contributed by atoms with Gasteiger partial charge in [0.15, 0.2) is 0 Å². The van der Waals surface area contributed by atoms with E-state index in [0.717, 1.165) is 28.1 Å². The molecule has 3 N–H and O–H groups in total. The fourth-order valence-corrected chi connectivity index (χ4v) is 3.86. The Morgan fingerprint density at radius 2 is 1.52 bits per heavy atom. The number of hydrogen-bond donors (Lipinski definition) is 2. The molecule has 1 aromatic heterocycles. The zero-order valence-corrected chi connectivity index (χ0v) is 17.5. The second-order valence-corrected chi connectivity index (χ2v) is 8.54. The lowest BCUT2D eigenvalue weighted by molar-refractivity contribution is -0.114. The fourth-order valence-electron chi connectivity index (χ4n) is 3.34. The summed E-state index contributed by atoms with van der Waals surface area (Å²) in [6.07, 6.45) is 1.77. The Kier molecular flexibility index (Phi) is 5.41. The van der Waals surface area contributed by atoms with E-state index in [9.17, 15) is 13.2 Å². The topological polar surface area (TPSA) is 107 Å². The van der Waals surface area contributed by atoms with Crippen molar-refractivity contribution in [2.45, 2.75) is 11.8 Å². The van der Waals surface area contributed by atoms with Crippen molar-refractivity contribution in [2.75, 3.05) is 5.32 Å². The lowest BCUT2D eigenvalue weighted by Crippen LogP contribution is -2.11. The van der Waals surface area contributed by atoms with Gasteiger partial charge in [0.05, 0.1) is 22.5 Å². The molecule has 1 amide bonds. The molecule has 0 unspecified atom stereocenters. The predicted octanol–water partition coefficient (Wildman–Crippen LogP) is 3.81. The smallest absolute Gasteiger partial charge is 0.238 e. The van der Waals surface area contributed by atoms with Gasteiger partial charge < -0.3 is 5.32 Å². The van der Waals surface area contributed by atoms with Crippen molar-refractivity contribution < 1.29 is 13.2 Å². The van der Waals surface area contributed by atoms with E-state index in [-0.39, 0.29) is 10.8 Å². The molecule has 0 bridgehead atoms. The number of rotatable bonds is 5. The molecular formula is C23H20N4O3S. The molecule has 0 aliphatic carbocycles. The maximum absolute atomic E-state index is 11.6. The third kappa shape index (κ3) is 4.40. The van der Waals surface area contributed by atoms with Crippen molar-refractivity contribution in [3.8, 4) is 28.1 Å². The first-order valence-corrected chi connectivity index (χ1v) is 11.0. The van der Waals surface area contributed by atoms with E-state index >= 15 is 0 Å². The molecule has 8 heteroatoms. The van der Waals surface area contributed by atoms with Gasteiger partial charge in [-0.2, -0.15) is 5.10 Å². The van der Waals surface area contributed by atoms with E-state index in [4.69, 9.17) is 5.14 Å². The molecular weight excluding hydrogens is 412 g/mol. The first kappa shape index (κ1) is 20.5. The van der Waals surface area contributed by atoms with Crippen LogP contribution in [0.2, 0.25) is 0 Å². The highest BCUT2D eigenvalue weighted by Gasteiger charge is 2.17. The molecule has 1 heterocycles. The number of nitrogens with one attached hydrogen (secondary N) is 1. The maximum Gasteiger partial charge on any atom is 0.238 e. The number of carbonyl (C=O) groups excluding carboxylic acids is 1. The van der Waals surface area contributed by atoms with E-state index < -0.39 is 10.0 Å². The molecule has 0 spiro atoms. The summed E-state index contributed by atoms with van der Waals surface area (Å²) in [5.74, 6) is -0.139.